The van der Waals surface area contributed by atoms with E-state index in [-0.39, 0.29) is 6.04 Å². The van der Waals surface area contributed by atoms with E-state index < -0.39 is 0 Å². The van der Waals surface area contributed by atoms with Gasteiger partial charge in [-0.25, -0.2) is 14.5 Å². The van der Waals surface area contributed by atoms with Crippen molar-refractivity contribution in [2.24, 2.45) is 11.7 Å². The van der Waals surface area contributed by atoms with Crippen molar-refractivity contribution in [2.45, 2.75) is 33.2 Å². The lowest BCUT2D eigenvalue weighted by Gasteiger charge is -2.16. The zero-order chi connectivity index (χ0) is 17.1. The fraction of sp³-hybridized carbons (Fsp3) is 0.389. The smallest absolute Gasteiger partial charge is 0.216 e. The summed E-state index contributed by atoms with van der Waals surface area (Å²) in [5.41, 5.74) is 9.58. The molecule has 6 nitrogen and oxygen atoms in total. The van der Waals surface area contributed by atoms with Crippen LogP contribution in [0.2, 0.25) is 0 Å². The van der Waals surface area contributed by atoms with Crippen molar-refractivity contribution in [3.05, 3.63) is 42.4 Å². The van der Waals surface area contributed by atoms with E-state index in [4.69, 9.17) is 10.5 Å². The molecule has 0 fully saturated rings. The minimum Gasteiger partial charge on any atom is -0.477 e. The molecule has 2 atom stereocenters. The van der Waals surface area contributed by atoms with Crippen LogP contribution in [0.15, 0.2) is 36.8 Å². The van der Waals surface area contributed by atoms with Gasteiger partial charge < -0.3 is 10.5 Å². The summed E-state index contributed by atoms with van der Waals surface area (Å²) < 4.78 is 7.67. The van der Waals surface area contributed by atoms with Crippen LogP contribution in [0.4, 0.5) is 0 Å². The fourth-order valence-corrected chi connectivity index (χ4v) is 2.83. The van der Waals surface area contributed by atoms with E-state index in [1.165, 1.54) is 0 Å². The summed E-state index contributed by atoms with van der Waals surface area (Å²) >= 11 is 0. The molecule has 0 amide bonds. The molecule has 0 aliphatic carbocycles. The van der Waals surface area contributed by atoms with Gasteiger partial charge in [0.05, 0.1) is 18.5 Å². The predicted molar refractivity (Wildman–Crippen MR) is 93.9 cm³/mol. The zero-order valence-corrected chi connectivity index (χ0v) is 14.3. The highest BCUT2D eigenvalue weighted by molar-refractivity contribution is 5.62. The second-order valence-electron chi connectivity index (χ2n) is 6.41. The Balaban J connectivity index is 1.79. The maximum Gasteiger partial charge on any atom is 0.216 e. The van der Waals surface area contributed by atoms with Crippen molar-refractivity contribution >= 4 is 5.65 Å². The molecule has 2 N–H and O–H groups in total. The average molecular weight is 325 g/mol. The van der Waals surface area contributed by atoms with E-state index in [1.54, 1.807) is 12.4 Å². The van der Waals surface area contributed by atoms with Crippen LogP contribution < -0.4 is 10.5 Å². The standard InChI is InChI=1S/C18H23N5O/c1-12(8-14(3)19)11-24-18-13(2)9-15(10-21-18)16-4-6-20-17-5-7-22-23(16)17/h4-7,9-10,12,14H,8,11,19H2,1-3H3. The van der Waals surface area contributed by atoms with Gasteiger partial charge in [0.1, 0.15) is 0 Å². The molecule has 3 aromatic heterocycles. The molecule has 0 radical (unpaired) electrons. The zero-order valence-electron chi connectivity index (χ0n) is 14.3. The van der Waals surface area contributed by atoms with E-state index in [0.717, 1.165) is 28.9 Å². The van der Waals surface area contributed by atoms with Gasteiger partial charge in [0.15, 0.2) is 5.65 Å². The van der Waals surface area contributed by atoms with Gasteiger partial charge in [-0.3, -0.25) is 0 Å². The fourth-order valence-electron chi connectivity index (χ4n) is 2.83. The lowest BCUT2D eigenvalue weighted by Crippen LogP contribution is -2.21. The van der Waals surface area contributed by atoms with Gasteiger partial charge in [-0.15, -0.1) is 0 Å². The Hall–Kier alpha value is -2.47. The second-order valence-corrected chi connectivity index (χ2v) is 6.41. The molecule has 0 bridgehead atoms. The van der Waals surface area contributed by atoms with E-state index in [9.17, 15) is 0 Å². The van der Waals surface area contributed by atoms with Gasteiger partial charge in [0, 0.05) is 35.6 Å². The number of nitrogens with two attached hydrogens (primary N) is 1. The van der Waals surface area contributed by atoms with E-state index in [1.807, 2.05) is 36.7 Å². The van der Waals surface area contributed by atoms with E-state index in [0.29, 0.717) is 18.4 Å². The molecule has 0 saturated carbocycles. The number of hydrogen-bond acceptors (Lipinski definition) is 5. The molecule has 0 aromatic carbocycles. The summed E-state index contributed by atoms with van der Waals surface area (Å²) in [5, 5.41) is 4.32. The predicted octanol–water partition coefficient (Wildman–Crippen LogP) is 2.85. The SMILES string of the molecule is Cc1cc(-c2ccnc3ccnn23)cnc1OCC(C)CC(C)N. The van der Waals surface area contributed by atoms with Crippen LogP contribution in [0, 0.1) is 12.8 Å². The molecule has 6 heteroatoms. The quantitative estimate of drug-likeness (QED) is 0.754. The Kier molecular flexibility index (Phi) is 4.76. The molecular formula is C18H23N5O. The first-order chi connectivity index (χ1) is 11.5. The lowest BCUT2D eigenvalue weighted by molar-refractivity contribution is 0.237. The molecule has 3 heterocycles. The number of pyridine rings is 1. The van der Waals surface area contributed by atoms with Crippen molar-refractivity contribution in [2.75, 3.05) is 6.61 Å². The van der Waals surface area contributed by atoms with Gasteiger partial charge in [-0.05, 0) is 38.3 Å². The molecule has 3 rings (SSSR count). The number of aryl methyl sites for hydroxylation is 1. The van der Waals surface area contributed by atoms with Gasteiger partial charge >= 0.3 is 0 Å². The Morgan fingerprint density at radius 1 is 1.21 bits per heavy atom. The summed E-state index contributed by atoms with van der Waals surface area (Å²) in [6.45, 7) is 6.77. The summed E-state index contributed by atoms with van der Waals surface area (Å²) in [7, 11) is 0. The summed E-state index contributed by atoms with van der Waals surface area (Å²) in [5.74, 6) is 1.07. The third-order valence-corrected chi connectivity index (χ3v) is 3.89. The summed E-state index contributed by atoms with van der Waals surface area (Å²) in [4.78, 5) is 8.77. The maximum absolute atomic E-state index is 5.86. The van der Waals surface area contributed by atoms with Crippen LogP contribution in [0.25, 0.3) is 16.9 Å². The highest BCUT2D eigenvalue weighted by Crippen LogP contribution is 2.24. The van der Waals surface area contributed by atoms with E-state index in [2.05, 4.69) is 28.1 Å². The van der Waals surface area contributed by atoms with Gasteiger partial charge in [0.2, 0.25) is 5.88 Å². The summed E-state index contributed by atoms with van der Waals surface area (Å²) in [6.07, 6.45) is 6.27. The Morgan fingerprint density at radius 3 is 2.79 bits per heavy atom. The monoisotopic (exact) mass is 325 g/mol. The first-order valence-electron chi connectivity index (χ1n) is 8.18. The molecule has 0 saturated heterocycles. The molecule has 0 aliphatic rings. The molecule has 24 heavy (non-hydrogen) atoms. The minimum absolute atomic E-state index is 0.184. The van der Waals surface area contributed by atoms with Crippen molar-refractivity contribution in [3.8, 4) is 17.1 Å². The third kappa shape index (κ3) is 3.54. The Bertz CT molecular complexity index is 827. The molecule has 2 unspecified atom stereocenters. The molecule has 126 valence electrons. The number of nitrogens with zero attached hydrogens (tertiary/aromatic N) is 4. The number of fused-ring (bicyclic) bond motifs is 1. The number of aromatic nitrogens is 4. The molecular weight excluding hydrogens is 302 g/mol. The van der Waals surface area contributed by atoms with Crippen LogP contribution in [0.5, 0.6) is 5.88 Å². The minimum atomic E-state index is 0.184. The van der Waals surface area contributed by atoms with Crippen LogP contribution in [0.3, 0.4) is 0 Å². The topological polar surface area (TPSA) is 78.3 Å². The lowest BCUT2D eigenvalue weighted by atomic mass is 10.0. The first kappa shape index (κ1) is 16.4. The summed E-state index contributed by atoms with van der Waals surface area (Å²) in [6, 6.07) is 6.06. The normalized spacial score (nSPS) is 13.8. The second kappa shape index (κ2) is 6.97. The Labute approximate surface area is 141 Å². The van der Waals surface area contributed by atoms with Crippen molar-refractivity contribution in [1.82, 2.24) is 19.6 Å². The highest BCUT2D eigenvalue weighted by Gasteiger charge is 2.11. The van der Waals surface area contributed by atoms with Gasteiger partial charge in [-0.2, -0.15) is 5.10 Å². The largest absolute Gasteiger partial charge is 0.477 e. The van der Waals surface area contributed by atoms with Crippen LogP contribution in [-0.2, 0) is 0 Å². The van der Waals surface area contributed by atoms with E-state index >= 15 is 0 Å². The van der Waals surface area contributed by atoms with Crippen molar-refractivity contribution < 1.29 is 4.74 Å². The van der Waals surface area contributed by atoms with Crippen LogP contribution in [0.1, 0.15) is 25.8 Å². The Morgan fingerprint density at radius 2 is 2.04 bits per heavy atom. The van der Waals surface area contributed by atoms with Crippen molar-refractivity contribution in [1.29, 1.82) is 0 Å². The maximum atomic E-state index is 5.86. The number of ether oxygens (including phenoxy) is 1. The third-order valence-electron chi connectivity index (χ3n) is 3.89. The first-order valence-corrected chi connectivity index (χ1v) is 8.18. The van der Waals surface area contributed by atoms with Crippen molar-refractivity contribution in [3.63, 3.8) is 0 Å². The number of rotatable bonds is 6. The average Bonchev–Trinajstić information content (AvgIpc) is 3.01. The van der Waals surface area contributed by atoms with Gasteiger partial charge in [0.25, 0.3) is 0 Å². The molecule has 0 spiro atoms. The molecule has 3 aromatic rings. The highest BCUT2D eigenvalue weighted by atomic mass is 16.5. The van der Waals surface area contributed by atoms with Crippen LogP contribution in [-0.4, -0.2) is 32.2 Å². The van der Waals surface area contributed by atoms with Crippen LogP contribution >= 0.6 is 0 Å². The molecule has 0 aliphatic heterocycles. The van der Waals surface area contributed by atoms with Gasteiger partial charge in [-0.1, -0.05) is 6.92 Å². The number of hydrogen-bond donors (Lipinski definition) is 1.